The highest BCUT2D eigenvalue weighted by Gasteiger charge is 2.24. The molecule has 1 heterocycles. The van der Waals surface area contributed by atoms with Crippen LogP contribution in [0.15, 0.2) is 36.4 Å². The first-order valence-electron chi connectivity index (χ1n) is 6.56. The van der Waals surface area contributed by atoms with Crippen LogP contribution in [0.25, 0.3) is 0 Å². The molecule has 0 radical (unpaired) electrons. The Hall–Kier alpha value is -2.54. The molecule has 112 valence electrons. The second-order valence-corrected chi connectivity index (χ2v) is 4.85. The van der Waals surface area contributed by atoms with Crippen molar-refractivity contribution in [1.29, 1.82) is 0 Å². The van der Waals surface area contributed by atoms with E-state index in [1.54, 1.807) is 14.0 Å². The monoisotopic (exact) mass is 289 g/mol. The van der Waals surface area contributed by atoms with Crippen molar-refractivity contribution in [1.82, 2.24) is 15.1 Å². The minimum atomic E-state index is -0.772. The number of hydrogen-bond donors (Lipinski definition) is 4. The Kier molecular flexibility index (Phi) is 4.44. The number of likely N-dealkylation sites (N-methyl/N-ethyl adjacent to an activating group) is 1. The van der Waals surface area contributed by atoms with E-state index in [0.29, 0.717) is 11.6 Å². The van der Waals surface area contributed by atoms with E-state index in [1.807, 2.05) is 30.3 Å². The van der Waals surface area contributed by atoms with E-state index in [2.05, 4.69) is 15.5 Å². The number of amides is 2. The van der Waals surface area contributed by atoms with Crippen molar-refractivity contribution in [2.75, 3.05) is 18.1 Å². The summed E-state index contributed by atoms with van der Waals surface area (Å²) in [6.07, 6.45) is -0.772. The van der Waals surface area contributed by atoms with Gasteiger partial charge in [-0.15, -0.1) is 0 Å². The number of benzene rings is 1. The van der Waals surface area contributed by atoms with Crippen LogP contribution in [0, 0.1) is 0 Å². The maximum atomic E-state index is 12.1. The van der Waals surface area contributed by atoms with Crippen molar-refractivity contribution in [2.24, 2.45) is 0 Å². The first-order chi connectivity index (χ1) is 9.99. The third-order valence-corrected chi connectivity index (χ3v) is 3.36. The van der Waals surface area contributed by atoms with E-state index >= 15 is 0 Å². The summed E-state index contributed by atoms with van der Waals surface area (Å²) in [5.41, 5.74) is 6.25. The lowest BCUT2D eigenvalue weighted by Gasteiger charge is -2.29. The Morgan fingerprint density at radius 2 is 2.10 bits per heavy atom. The fourth-order valence-corrected chi connectivity index (χ4v) is 1.92. The van der Waals surface area contributed by atoms with Crippen LogP contribution in [0.2, 0.25) is 0 Å². The van der Waals surface area contributed by atoms with Gasteiger partial charge >= 0.3 is 6.03 Å². The zero-order chi connectivity index (χ0) is 15.4. The second-order valence-electron chi connectivity index (χ2n) is 4.85. The van der Waals surface area contributed by atoms with Gasteiger partial charge in [0.25, 0.3) is 0 Å². The summed E-state index contributed by atoms with van der Waals surface area (Å²) in [7, 11) is 1.61. The van der Waals surface area contributed by atoms with Crippen LogP contribution in [-0.4, -0.2) is 39.3 Å². The molecule has 2 amide bonds. The third kappa shape index (κ3) is 3.51. The molecule has 0 fully saturated rings. The van der Waals surface area contributed by atoms with Crippen molar-refractivity contribution in [3.8, 4) is 0 Å². The molecule has 0 spiro atoms. The van der Waals surface area contributed by atoms with E-state index in [4.69, 9.17) is 5.73 Å². The number of carbonyl (C=O) groups excluding carboxylic acids is 1. The Labute approximate surface area is 122 Å². The number of H-pyrrole nitrogens is 1. The van der Waals surface area contributed by atoms with Crippen LogP contribution in [0.1, 0.15) is 18.6 Å². The molecule has 2 aromatic rings. The quantitative estimate of drug-likeness (QED) is 0.685. The smallest absolute Gasteiger partial charge is 0.323 e. The van der Waals surface area contributed by atoms with Crippen LogP contribution >= 0.6 is 0 Å². The van der Waals surface area contributed by atoms with Crippen LogP contribution in [0.3, 0.4) is 0 Å². The van der Waals surface area contributed by atoms with Crippen LogP contribution in [0.5, 0.6) is 0 Å². The predicted molar refractivity (Wildman–Crippen MR) is 80.6 cm³/mol. The number of hydrogen-bond acceptors (Lipinski definition) is 4. The van der Waals surface area contributed by atoms with Crippen LogP contribution in [0.4, 0.5) is 16.4 Å². The molecule has 0 unspecified atom stereocenters. The molecule has 1 aromatic heterocycles. The molecule has 0 aliphatic rings. The number of carbonyl (C=O) groups is 1. The van der Waals surface area contributed by atoms with Gasteiger partial charge in [-0.3, -0.25) is 10.4 Å². The van der Waals surface area contributed by atoms with Gasteiger partial charge in [0, 0.05) is 13.1 Å². The number of anilines is 2. The van der Waals surface area contributed by atoms with E-state index in [-0.39, 0.29) is 6.03 Å². The van der Waals surface area contributed by atoms with Gasteiger partial charge in [0.2, 0.25) is 0 Å². The maximum absolute atomic E-state index is 12.1. The number of urea groups is 1. The molecule has 7 heteroatoms. The van der Waals surface area contributed by atoms with E-state index in [9.17, 15) is 9.90 Å². The van der Waals surface area contributed by atoms with E-state index in [0.717, 1.165) is 5.56 Å². The molecule has 7 nitrogen and oxygen atoms in total. The number of aromatic amines is 1. The van der Waals surface area contributed by atoms with Crippen molar-refractivity contribution in [3.05, 3.63) is 42.0 Å². The molecule has 2 atom stereocenters. The fraction of sp³-hybridized carbons (Fsp3) is 0.286. The number of nitrogen functional groups attached to an aromatic ring is 1. The Morgan fingerprint density at radius 3 is 2.67 bits per heavy atom. The van der Waals surface area contributed by atoms with Crippen molar-refractivity contribution in [2.45, 2.75) is 19.1 Å². The van der Waals surface area contributed by atoms with Crippen LogP contribution < -0.4 is 11.1 Å². The predicted octanol–water partition coefficient (Wildman–Crippen LogP) is 1.58. The normalized spacial score (nSPS) is 13.5. The molecule has 0 aliphatic carbocycles. The highest BCUT2D eigenvalue weighted by molar-refractivity contribution is 5.88. The van der Waals surface area contributed by atoms with E-state index < -0.39 is 12.1 Å². The Bertz CT molecular complexity index is 598. The Balaban J connectivity index is 2.01. The minimum absolute atomic E-state index is 0.339. The molecule has 5 N–H and O–H groups in total. The zero-order valence-electron chi connectivity index (χ0n) is 11.9. The molecule has 2 rings (SSSR count). The van der Waals surface area contributed by atoms with Gasteiger partial charge in [0.15, 0.2) is 5.82 Å². The Morgan fingerprint density at radius 1 is 1.43 bits per heavy atom. The first-order valence-corrected chi connectivity index (χ1v) is 6.56. The lowest BCUT2D eigenvalue weighted by molar-refractivity contribution is 0.0894. The average molecular weight is 289 g/mol. The van der Waals surface area contributed by atoms with Crippen molar-refractivity contribution in [3.63, 3.8) is 0 Å². The highest BCUT2D eigenvalue weighted by Crippen LogP contribution is 2.20. The molecular weight excluding hydrogens is 270 g/mol. The number of nitrogens with zero attached hydrogens (tertiary/aromatic N) is 2. The largest absolute Gasteiger partial charge is 0.386 e. The second kappa shape index (κ2) is 6.27. The number of aromatic nitrogens is 2. The number of nitrogens with two attached hydrogens (primary N) is 1. The number of aliphatic hydroxyl groups is 1. The number of rotatable bonds is 4. The van der Waals surface area contributed by atoms with Gasteiger partial charge < -0.3 is 15.7 Å². The molecule has 0 saturated carbocycles. The van der Waals surface area contributed by atoms with E-state index in [1.165, 1.54) is 11.0 Å². The molecule has 0 bridgehead atoms. The highest BCUT2D eigenvalue weighted by atomic mass is 16.3. The molecule has 0 saturated heterocycles. The standard InChI is InChI=1S/C14H19N5O2/c1-9(13(20)10-6-4-3-5-7-10)19(2)14(21)16-12-8-11(15)17-18-12/h3-9,13,20H,1-2H3,(H4,15,16,17,18,21)/t9-,13-/m0/s1. The third-order valence-electron chi connectivity index (χ3n) is 3.36. The zero-order valence-corrected chi connectivity index (χ0v) is 11.9. The summed E-state index contributed by atoms with van der Waals surface area (Å²) in [5, 5.41) is 19.3. The molecular formula is C14H19N5O2. The average Bonchev–Trinajstić information content (AvgIpc) is 2.90. The van der Waals surface area contributed by atoms with Gasteiger partial charge in [-0.2, -0.15) is 5.10 Å². The minimum Gasteiger partial charge on any atom is -0.386 e. The first kappa shape index (κ1) is 14.9. The summed E-state index contributed by atoms with van der Waals surface area (Å²) in [5.74, 6) is 0.705. The van der Waals surface area contributed by atoms with Crippen molar-refractivity contribution >= 4 is 17.7 Å². The summed E-state index contributed by atoms with van der Waals surface area (Å²) in [4.78, 5) is 13.5. The number of aliphatic hydroxyl groups excluding tert-OH is 1. The van der Waals surface area contributed by atoms with Crippen molar-refractivity contribution < 1.29 is 9.90 Å². The van der Waals surface area contributed by atoms with Gasteiger partial charge in [-0.1, -0.05) is 30.3 Å². The summed E-state index contributed by atoms with van der Waals surface area (Å²) in [6, 6.07) is 9.95. The van der Waals surface area contributed by atoms with Gasteiger partial charge in [0.05, 0.1) is 12.1 Å². The molecule has 21 heavy (non-hydrogen) atoms. The lowest BCUT2D eigenvalue weighted by Crippen LogP contribution is -2.41. The molecule has 1 aromatic carbocycles. The topological polar surface area (TPSA) is 107 Å². The molecule has 0 aliphatic heterocycles. The van der Waals surface area contributed by atoms with Gasteiger partial charge in [0.1, 0.15) is 5.82 Å². The SMILES string of the molecule is C[C@@H]([C@H](O)c1ccccc1)N(C)C(=O)Nc1cc(N)[nH]n1. The summed E-state index contributed by atoms with van der Waals surface area (Å²) >= 11 is 0. The summed E-state index contributed by atoms with van der Waals surface area (Å²) in [6.45, 7) is 1.77. The fourth-order valence-electron chi connectivity index (χ4n) is 1.92. The van der Waals surface area contributed by atoms with Gasteiger partial charge in [-0.05, 0) is 12.5 Å². The van der Waals surface area contributed by atoms with Gasteiger partial charge in [-0.25, -0.2) is 4.79 Å². The lowest BCUT2D eigenvalue weighted by atomic mass is 10.0. The summed E-state index contributed by atoms with van der Waals surface area (Å²) < 4.78 is 0. The number of nitrogens with one attached hydrogen (secondary N) is 2. The van der Waals surface area contributed by atoms with Crippen LogP contribution in [-0.2, 0) is 0 Å². The maximum Gasteiger partial charge on any atom is 0.323 e.